The summed E-state index contributed by atoms with van der Waals surface area (Å²) in [6.07, 6.45) is 2.65. The average molecular weight is 450 g/mol. The van der Waals surface area contributed by atoms with Gasteiger partial charge in [0.15, 0.2) is 0 Å². The van der Waals surface area contributed by atoms with Crippen molar-refractivity contribution in [3.8, 4) is 17.3 Å². The predicted molar refractivity (Wildman–Crippen MR) is 135 cm³/mol. The first kappa shape index (κ1) is 25.0. The topological polar surface area (TPSA) is 50.5 Å². The third-order valence-corrected chi connectivity index (χ3v) is 5.71. The maximum Gasteiger partial charge on any atom is 0.227 e. The molecule has 5 nitrogen and oxygen atoms in total. The highest BCUT2D eigenvalue weighted by Gasteiger charge is 2.23. The number of aryl methyl sites for hydroxylation is 2. The van der Waals surface area contributed by atoms with Crippen molar-refractivity contribution in [3.63, 3.8) is 0 Å². The molecule has 0 unspecified atom stereocenters. The minimum Gasteiger partial charge on any atom is -0.439 e. The number of hydrogen-bond acceptors (Lipinski definition) is 4. The van der Waals surface area contributed by atoms with Gasteiger partial charge >= 0.3 is 0 Å². The summed E-state index contributed by atoms with van der Waals surface area (Å²) in [5, 5.41) is 15.5. The van der Waals surface area contributed by atoms with Gasteiger partial charge in [0.1, 0.15) is 5.75 Å². The molecule has 33 heavy (non-hydrogen) atoms. The Hall–Kier alpha value is -2.63. The molecule has 0 bridgehead atoms. The Balaban J connectivity index is 1.97. The molecular weight excluding hydrogens is 410 g/mol. The average Bonchev–Trinajstić information content (AvgIpc) is 3.07. The van der Waals surface area contributed by atoms with Crippen molar-refractivity contribution in [1.82, 2.24) is 14.7 Å². The molecule has 1 heterocycles. The number of unbranched alkanes of at least 4 members (excludes halogenated alkanes) is 1. The van der Waals surface area contributed by atoms with Crippen molar-refractivity contribution in [2.24, 2.45) is 5.92 Å². The number of aromatic nitrogens is 2. The molecule has 1 N–H and O–H groups in total. The molecule has 2 aromatic carbocycles. The molecule has 3 aromatic rings. The third-order valence-electron chi connectivity index (χ3n) is 5.71. The van der Waals surface area contributed by atoms with Gasteiger partial charge < -0.3 is 9.84 Å². The van der Waals surface area contributed by atoms with Crippen LogP contribution in [0.25, 0.3) is 5.69 Å². The van der Waals surface area contributed by atoms with Crippen LogP contribution in [0.15, 0.2) is 54.6 Å². The van der Waals surface area contributed by atoms with Crippen LogP contribution in [0.3, 0.4) is 0 Å². The SMILES string of the molecule is CCCC[C@H](O)CN(Cc1c(C)nn(-c2ccccc2)c1Oc1cccc(C)c1)CC(C)C. The zero-order chi connectivity index (χ0) is 23.8. The maximum absolute atomic E-state index is 10.6. The van der Waals surface area contributed by atoms with Gasteiger partial charge in [0, 0.05) is 19.6 Å². The van der Waals surface area contributed by atoms with Gasteiger partial charge in [-0.05, 0) is 56.0 Å². The second-order valence-electron chi connectivity index (χ2n) is 9.42. The fourth-order valence-corrected chi connectivity index (χ4v) is 4.13. The second-order valence-corrected chi connectivity index (χ2v) is 9.42. The van der Waals surface area contributed by atoms with Crippen molar-refractivity contribution >= 4 is 0 Å². The molecule has 0 aliphatic heterocycles. The molecule has 0 radical (unpaired) electrons. The van der Waals surface area contributed by atoms with E-state index >= 15 is 0 Å². The molecule has 0 saturated carbocycles. The molecule has 0 aliphatic carbocycles. The van der Waals surface area contributed by atoms with E-state index in [-0.39, 0.29) is 6.10 Å². The van der Waals surface area contributed by atoms with E-state index in [1.165, 1.54) is 0 Å². The second kappa shape index (κ2) is 12.0. The lowest BCUT2D eigenvalue weighted by atomic mass is 10.1. The number of hydrogen-bond donors (Lipinski definition) is 1. The van der Waals surface area contributed by atoms with Crippen molar-refractivity contribution < 1.29 is 9.84 Å². The van der Waals surface area contributed by atoms with Gasteiger partial charge in [-0.1, -0.05) is 63.9 Å². The molecule has 0 spiro atoms. The zero-order valence-electron chi connectivity index (χ0n) is 20.8. The zero-order valence-corrected chi connectivity index (χ0v) is 20.8. The smallest absolute Gasteiger partial charge is 0.227 e. The number of rotatable bonds is 12. The van der Waals surface area contributed by atoms with E-state index in [1.54, 1.807) is 0 Å². The number of nitrogens with zero attached hydrogens (tertiary/aromatic N) is 3. The lowest BCUT2D eigenvalue weighted by Crippen LogP contribution is -2.35. The van der Waals surface area contributed by atoms with E-state index in [4.69, 9.17) is 9.84 Å². The summed E-state index contributed by atoms with van der Waals surface area (Å²) in [5.74, 6) is 2.03. The number of ether oxygens (including phenoxy) is 1. The van der Waals surface area contributed by atoms with Gasteiger partial charge in [-0.15, -0.1) is 0 Å². The first-order valence-corrected chi connectivity index (χ1v) is 12.2. The normalized spacial score (nSPS) is 12.5. The molecule has 178 valence electrons. The third kappa shape index (κ3) is 7.18. The highest BCUT2D eigenvalue weighted by molar-refractivity contribution is 5.43. The van der Waals surface area contributed by atoms with Gasteiger partial charge in [-0.3, -0.25) is 4.90 Å². The molecule has 0 aliphatic rings. The summed E-state index contributed by atoms with van der Waals surface area (Å²) in [6, 6.07) is 18.2. The lowest BCUT2D eigenvalue weighted by molar-refractivity contribution is 0.0927. The first-order valence-electron chi connectivity index (χ1n) is 12.2. The van der Waals surface area contributed by atoms with Crippen molar-refractivity contribution in [1.29, 1.82) is 0 Å². The minimum absolute atomic E-state index is 0.325. The molecule has 1 atom stereocenters. The first-order chi connectivity index (χ1) is 15.9. The molecule has 0 fully saturated rings. The van der Waals surface area contributed by atoms with Crippen LogP contribution in [0.5, 0.6) is 11.6 Å². The predicted octanol–water partition coefficient (Wildman–Crippen LogP) is 6.29. The summed E-state index contributed by atoms with van der Waals surface area (Å²) in [4.78, 5) is 2.34. The Kier molecular flexibility index (Phi) is 9.10. The molecule has 3 rings (SSSR count). The Morgan fingerprint density at radius 3 is 2.45 bits per heavy atom. The summed E-state index contributed by atoms with van der Waals surface area (Å²) in [7, 11) is 0. The van der Waals surface area contributed by atoms with Gasteiger partial charge in [-0.2, -0.15) is 5.10 Å². The molecule has 0 amide bonds. The summed E-state index contributed by atoms with van der Waals surface area (Å²) < 4.78 is 8.38. The quantitative estimate of drug-likeness (QED) is 0.353. The Bertz CT molecular complexity index is 998. The summed E-state index contributed by atoms with van der Waals surface area (Å²) in [6.45, 7) is 12.9. The monoisotopic (exact) mass is 449 g/mol. The van der Waals surface area contributed by atoms with Crippen molar-refractivity contribution in [3.05, 3.63) is 71.4 Å². The summed E-state index contributed by atoms with van der Waals surface area (Å²) >= 11 is 0. The Morgan fingerprint density at radius 2 is 1.79 bits per heavy atom. The van der Waals surface area contributed by atoms with Crippen LogP contribution in [0, 0.1) is 19.8 Å². The summed E-state index contributed by atoms with van der Waals surface area (Å²) in [5.41, 5.74) is 4.12. The number of aliphatic hydroxyl groups excluding tert-OH is 1. The van der Waals surface area contributed by atoms with Crippen molar-refractivity contribution in [2.45, 2.75) is 66.5 Å². The van der Waals surface area contributed by atoms with E-state index in [0.717, 1.165) is 59.9 Å². The van der Waals surface area contributed by atoms with Crippen LogP contribution in [0.4, 0.5) is 0 Å². The van der Waals surface area contributed by atoms with E-state index in [9.17, 15) is 5.11 Å². The Morgan fingerprint density at radius 1 is 1.03 bits per heavy atom. The highest BCUT2D eigenvalue weighted by atomic mass is 16.5. The lowest BCUT2D eigenvalue weighted by Gasteiger charge is -2.27. The van der Waals surface area contributed by atoms with Crippen molar-refractivity contribution in [2.75, 3.05) is 13.1 Å². The Labute approximate surface area is 199 Å². The maximum atomic E-state index is 10.6. The van der Waals surface area contributed by atoms with Crippen LogP contribution < -0.4 is 4.74 Å². The van der Waals surface area contributed by atoms with E-state index in [0.29, 0.717) is 19.0 Å². The fourth-order valence-electron chi connectivity index (χ4n) is 4.13. The molecule has 1 aromatic heterocycles. The van der Waals surface area contributed by atoms with E-state index in [1.807, 2.05) is 60.1 Å². The van der Waals surface area contributed by atoms with Gasteiger partial charge in [-0.25, -0.2) is 4.68 Å². The minimum atomic E-state index is -0.325. The largest absolute Gasteiger partial charge is 0.439 e. The van der Waals surface area contributed by atoms with E-state index in [2.05, 4.69) is 38.7 Å². The van der Waals surface area contributed by atoms with Crippen LogP contribution in [-0.2, 0) is 6.54 Å². The molecular formula is C28H39N3O2. The van der Waals surface area contributed by atoms with Crippen LogP contribution in [0.2, 0.25) is 0 Å². The highest BCUT2D eigenvalue weighted by Crippen LogP contribution is 2.32. The number of para-hydroxylation sites is 1. The van der Waals surface area contributed by atoms with Gasteiger partial charge in [0.25, 0.3) is 0 Å². The fraction of sp³-hybridized carbons (Fsp3) is 0.464. The number of aliphatic hydroxyl groups is 1. The van der Waals surface area contributed by atoms with E-state index < -0.39 is 0 Å². The van der Waals surface area contributed by atoms with Gasteiger partial charge in [0.05, 0.1) is 23.0 Å². The molecule has 5 heteroatoms. The molecule has 0 saturated heterocycles. The van der Waals surface area contributed by atoms with Crippen LogP contribution >= 0.6 is 0 Å². The van der Waals surface area contributed by atoms with Crippen LogP contribution in [0.1, 0.15) is 56.9 Å². The standard InChI is InChI=1S/C28H39N3O2/c1-6-7-15-25(32)19-30(18-21(2)3)20-27-23(5)29-31(24-13-9-8-10-14-24)28(27)33-26-16-11-12-22(4)17-26/h8-14,16-17,21,25,32H,6-7,15,18-20H2,1-5H3/t25-/m0/s1. The van der Waals surface area contributed by atoms with Gasteiger partial charge in [0.2, 0.25) is 5.88 Å². The van der Waals surface area contributed by atoms with Crippen LogP contribution in [-0.4, -0.2) is 39.0 Å². The number of benzene rings is 2.